The zero-order chi connectivity index (χ0) is 20.9. The predicted molar refractivity (Wildman–Crippen MR) is 116 cm³/mol. The van der Waals surface area contributed by atoms with E-state index in [1.807, 2.05) is 35.7 Å². The van der Waals surface area contributed by atoms with Crippen molar-refractivity contribution in [1.29, 1.82) is 0 Å². The van der Waals surface area contributed by atoms with Crippen LogP contribution in [0.3, 0.4) is 0 Å². The van der Waals surface area contributed by atoms with Gasteiger partial charge in [-0.15, -0.1) is 11.3 Å². The second-order valence-electron chi connectivity index (χ2n) is 6.86. The van der Waals surface area contributed by atoms with Crippen LogP contribution in [0.4, 0.5) is 10.9 Å². The fraction of sp³-hybridized carbons (Fsp3) is 0.273. The minimum atomic E-state index is -0.490. The molecule has 1 saturated heterocycles. The van der Waals surface area contributed by atoms with Crippen LogP contribution in [-0.4, -0.2) is 45.9 Å². The van der Waals surface area contributed by atoms with Gasteiger partial charge in [-0.05, 0) is 44.0 Å². The summed E-state index contributed by atoms with van der Waals surface area (Å²) in [7, 11) is 0. The summed E-state index contributed by atoms with van der Waals surface area (Å²) in [6, 6.07) is 12.5. The van der Waals surface area contributed by atoms with E-state index in [1.165, 1.54) is 11.3 Å². The van der Waals surface area contributed by atoms with Gasteiger partial charge in [-0.25, -0.2) is 14.8 Å². The van der Waals surface area contributed by atoms with Crippen molar-refractivity contribution in [3.63, 3.8) is 0 Å². The first-order valence-corrected chi connectivity index (χ1v) is 10.8. The molecule has 2 aromatic heterocycles. The normalized spacial score (nSPS) is 15.8. The van der Waals surface area contributed by atoms with Crippen LogP contribution in [0, 0.1) is 0 Å². The van der Waals surface area contributed by atoms with Crippen LogP contribution in [0.25, 0.3) is 11.3 Å². The molecule has 0 radical (unpaired) electrons. The van der Waals surface area contributed by atoms with Crippen molar-refractivity contribution < 1.29 is 14.3 Å². The minimum Gasteiger partial charge on any atom is -0.464 e. The topological polar surface area (TPSA) is 84.4 Å². The molecule has 0 unspecified atom stereocenters. The summed E-state index contributed by atoms with van der Waals surface area (Å²) in [5.41, 5.74) is 2.29. The number of carbonyl (C=O) groups excluding carboxylic acids is 2. The fourth-order valence-electron chi connectivity index (χ4n) is 3.45. The third-order valence-corrected chi connectivity index (χ3v) is 5.66. The van der Waals surface area contributed by atoms with E-state index < -0.39 is 6.04 Å². The lowest BCUT2D eigenvalue weighted by atomic mass is 10.1. The maximum absolute atomic E-state index is 12.9. The Balaban J connectivity index is 1.45. The molecule has 0 spiro atoms. The van der Waals surface area contributed by atoms with Crippen molar-refractivity contribution in [3.8, 4) is 11.3 Å². The van der Waals surface area contributed by atoms with E-state index >= 15 is 0 Å². The largest absolute Gasteiger partial charge is 0.464 e. The van der Waals surface area contributed by atoms with Crippen molar-refractivity contribution in [2.45, 2.75) is 25.8 Å². The van der Waals surface area contributed by atoms with Crippen molar-refractivity contribution in [3.05, 3.63) is 59.6 Å². The zero-order valence-corrected chi connectivity index (χ0v) is 17.4. The number of amides is 1. The molecular formula is C22H22N4O3S. The summed E-state index contributed by atoms with van der Waals surface area (Å²) in [6.45, 7) is 2.66. The Morgan fingerprint density at radius 1 is 1.23 bits per heavy atom. The molecule has 3 heterocycles. The van der Waals surface area contributed by atoms with E-state index in [0.29, 0.717) is 25.1 Å². The molecule has 1 fully saturated rings. The predicted octanol–water partition coefficient (Wildman–Crippen LogP) is 4.12. The fourth-order valence-corrected chi connectivity index (χ4v) is 4.18. The Labute approximate surface area is 178 Å². The SMILES string of the molecule is CCOC(=O)[C@@H]1CCCN1C(=O)c1ccc(-c2csc(Nc3ccccn3)n2)cc1. The second kappa shape index (κ2) is 9.04. The van der Waals surface area contributed by atoms with Gasteiger partial charge in [-0.2, -0.15) is 0 Å². The van der Waals surface area contributed by atoms with E-state index in [2.05, 4.69) is 15.3 Å². The molecule has 154 valence electrons. The van der Waals surface area contributed by atoms with Crippen LogP contribution in [0.1, 0.15) is 30.1 Å². The van der Waals surface area contributed by atoms with Crippen LogP contribution in [0.5, 0.6) is 0 Å². The Morgan fingerprint density at radius 2 is 2.07 bits per heavy atom. The number of ether oxygens (including phenoxy) is 1. The Bertz CT molecular complexity index is 1020. The highest BCUT2D eigenvalue weighted by Crippen LogP contribution is 2.28. The first kappa shape index (κ1) is 20.0. The van der Waals surface area contributed by atoms with Gasteiger partial charge >= 0.3 is 5.97 Å². The number of thiazole rings is 1. The van der Waals surface area contributed by atoms with Gasteiger partial charge in [-0.1, -0.05) is 18.2 Å². The highest BCUT2D eigenvalue weighted by molar-refractivity contribution is 7.14. The summed E-state index contributed by atoms with van der Waals surface area (Å²) < 4.78 is 5.11. The molecular weight excluding hydrogens is 400 g/mol. The second-order valence-corrected chi connectivity index (χ2v) is 7.72. The highest BCUT2D eigenvalue weighted by Gasteiger charge is 2.35. The van der Waals surface area contributed by atoms with Gasteiger partial charge in [0.15, 0.2) is 5.13 Å². The number of likely N-dealkylation sites (tertiary alicyclic amines) is 1. The monoisotopic (exact) mass is 422 g/mol. The highest BCUT2D eigenvalue weighted by atomic mass is 32.1. The first-order chi connectivity index (χ1) is 14.7. The van der Waals surface area contributed by atoms with Gasteiger partial charge in [0.1, 0.15) is 11.9 Å². The number of carbonyl (C=O) groups is 2. The average molecular weight is 423 g/mol. The molecule has 1 N–H and O–H groups in total. The molecule has 0 saturated carbocycles. The van der Waals surface area contributed by atoms with Gasteiger partial charge in [-0.3, -0.25) is 4.79 Å². The molecule has 0 aliphatic carbocycles. The maximum atomic E-state index is 12.9. The molecule has 3 aromatic rings. The standard InChI is InChI=1S/C22H22N4O3S/c1-2-29-21(28)18-6-5-13-26(18)20(27)16-10-8-15(9-11-16)17-14-30-22(24-17)25-19-7-3-4-12-23-19/h3-4,7-12,14,18H,2,5-6,13H2,1H3,(H,23,24,25)/t18-/m0/s1. The number of esters is 1. The number of hydrogen-bond donors (Lipinski definition) is 1. The summed E-state index contributed by atoms with van der Waals surface area (Å²) >= 11 is 1.49. The van der Waals surface area contributed by atoms with Crippen molar-refractivity contribution in [1.82, 2.24) is 14.9 Å². The van der Waals surface area contributed by atoms with E-state index in [9.17, 15) is 9.59 Å². The van der Waals surface area contributed by atoms with Crippen LogP contribution >= 0.6 is 11.3 Å². The average Bonchev–Trinajstić information content (AvgIpc) is 3.44. The maximum Gasteiger partial charge on any atom is 0.328 e. The lowest BCUT2D eigenvalue weighted by molar-refractivity contribution is -0.147. The zero-order valence-electron chi connectivity index (χ0n) is 16.6. The van der Waals surface area contributed by atoms with Crippen molar-refractivity contribution >= 4 is 34.2 Å². The summed E-state index contributed by atoms with van der Waals surface area (Å²) in [4.78, 5) is 35.5. The van der Waals surface area contributed by atoms with E-state index in [1.54, 1.807) is 30.2 Å². The molecule has 7 nitrogen and oxygen atoms in total. The van der Waals surface area contributed by atoms with Gasteiger partial charge in [0, 0.05) is 29.2 Å². The summed E-state index contributed by atoms with van der Waals surface area (Å²) in [5, 5.41) is 5.88. The molecule has 1 atom stereocenters. The lowest BCUT2D eigenvalue weighted by Crippen LogP contribution is -2.41. The number of nitrogens with zero attached hydrogens (tertiary/aromatic N) is 3. The number of benzene rings is 1. The number of nitrogens with one attached hydrogen (secondary N) is 1. The third-order valence-electron chi connectivity index (χ3n) is 4.90. The summed E-state index contributed by atoms with van der Waals surface area (Å²) in [5.74, 6) is 0.268. The molecule has 30 heavy (non-hydrogen) atoms. The molecule has 1 aliphatic heterocycles. The number of anilines is 2. The Hall–Kier alpha value is -3.26. The summed E-state index contributed by atoms with van der Waals surface area (Å²) in [6.07, 6.45) is 3.17. The molecule has 1 aromatic carbocycles. The molecule has 8 heteroatoms. The Morgan fingerprint density at radius 3 is 2.80 bits per heavy atom. The molecule has 0 bridgehead atoms. The number of rotatable bonds is 6. The first-order valence-electron chi connectivity index (χ1n) is 9.87. The lowest BCUT2D eigenvalue weighted by Gasteiger charge is -2.23. The van der Waals surface area contributed by atoms with Crippen molar-refractivity contribution in [2.75, 3.05) is 18.5 Å². The minimum absolute atomic E-state index is 0.145. The van der Waals surface area contributed by atoms with Crippen LogP contribution in [0.15, 0.2) is 54.0 Å². The number of aromatic nitrogens is 2. The number of hydrogen-bond acceptors (Lipinski definition) is 7. The van der Waals surface area contributed by atoms with Gasteiger partial charge < -0.3 is 15.0 Å². The molecule has 1 aliphatic rings. The third kappa shape index (κ3) is 4.33. The Kier molecular flexibility index (Phi) is 6.04. The van der Waals surface area contributed by atoms with Gasteiger partial charge in [0.05, 0.1) is 12.3 Å². The van der Waals surface area contributed by atoms with Gasteiger partial charge in [0.2, 0.25) is 0 Å². The number of pyridine rings is 1. The molecule has 4 rings (SSSR count). The van der Waals surface area contributed by atoms with Gasteiger partial charge in [0.25, 0.3) is 5.91 Å². The quantitative estimate of drug-likeness (QED) is 0.602. The molecule has 1 amide bonds. The smallest absolute Gasteiger partial charge is 0.328 e. The van der Waals surface area contributed by atoms with E-state index in [0.717, 1.165) is 28.6 Å². The van der Waals surface area contributed by atoms with E-state index in [-0.39, 0.29) is 11.9 Å². The van der Waals surface area contributed by atoms with Crippen molar-refractivity contribution in [2.24, 2.45) is 0 Å². The van der Waals surface area contributed by atoms with E-state index in [4.69, 9.17) is 4.74 Å². The van der Waals surface area contributed by atoms with Crippen LogP contribution < -0.4 is 5.32 Å². The van der Waals surface area contributed by atoms with Crippen LogP contribution in [0.2, 0.25) is 0 Å². The van der Waals surface area contributed by atoms with Crippen LogP contribution in [-0.2, 0) is 9.53 Å².